The van der Waals surface area contributed by atoms with E-state index in [0.717, 1.165) is 41.6 Å². The molecular weight excluding hydrogens is 362 g/mol. The Hall–Kier alpha value is -3.28. The third kappa shape index (κ3) is 5.60. The Labute approximate surface area is 173 Å². The second-order valence-electron chi connectivity index (χ2n) is 6.76. The van der Waals surface area contributed by atoms with Gasteiger partial charge in [-0.25, -0.2) is 4.98 Å². The third-order valence-electron chi connectivity index (χ3n) is 4.73. The van der Waals surface area contributed by atoms with Gasteiger partial charge < -0.3 is 20.3 Å². The standard InChI is InChI=1S/C23H29N5O/c1-5-28(6-2)20-11-9-19(10-12-20)26-22-15-17(3)25-23(27-22)24-16-18-7-13-21(29-4)14-8-18/h7-15H,5-6,16H2,1-4H3,(H2,24,25,26,27). The van der Waals surface area contributed by atoms with Crippen LogP contribution >= 0.6 is 0 Å². The Bertz CT molecular complexity index is 906. The van der Waals surface area contributed by atoms with Crippen molar-refractivity contribution in [3.8, 4) is 5.75 Å². The molecule has 0 aliphatic rings. The molecule has 0 aliphatic carbocycles. The maximum absolute atomic E-state index is 5.20. The molecule has 0 saturated heterocycles. The van der Waals surface area contributed by atoms with Crippen molar-refractivity contribution in [1.29, 1.82) is 0 Å². The maximum atomic E-state index is 5.20. The Morgan fingerprint density at radius 1 is 0.931 bits per heavy atom. The van der Waals surface area contributed by atoms with Crippen LogP contribution < -0.4 is 20.3 Å². The number of hydrogen-bond donors (Lipinski definition) is 2. The molecule has 6 nitrogen and oxygen atoms in total. The molecule has 0 unspecified atom stereocenters. The molecule has 0 spiro atoms. The molecule has 0 radical (unpaired) electrons. The van der Waals surface area contributed by atoms with E-state index < -0.39 is 0 Å². The van der Waals surface area contributed by atoms with Crippen LogP contribution in [0, 0.1) is 6.92 Å². The predicted molar refractivity (Wildman–Crippen MR) is 120 cm³/mol. The average Bonchev–Trinajstić information content (AvgIpc) is 2.74. The number of nitrogens with one attached hydrogen (secondary N) is 2. The first kappa shape index (κ1) is 20.5. The summed E-state index contributed by atoms with van der Waals surface area (Å²) in [5.41, 5.74) is 4.26. The first-order valence-corrected chi connectivity index (χ1v) is 9.95. The van der Waals surface area contributed by atoms with Gasteiger partial charge in [0.1, 0.15) is 11.6 Å². The van der Waals surface area contributed by atoms with Crippen molar-refractivity contribution in [2.75, 3.05) is 35.7 Å². The van der Waals surface area contributed by atoms with Gasteiger partial charge in [0.25, 0.3) is 0 Å². The maximum Gasteiger partial charge on any atom is 0.225 e. The summed E-state index contributed by atoms with van der Waals surface area (Å²) in [6.45, 7) is 8.94. The fourth-order valence-electron chi connectivity index (χ4n) is 3.13. The average molecular weight is 392 g/mol. The number of anilines is 4. The van der Waals surface area contributed by atoms with Gasteiger partial charge in [-0.15, -0.1) is 0 Å². The Morgan fingerprint density at radius 2 is 1.62 bits per heavy atom. The summed E-state index contributed by atoms with van der Waals surface area (Å²) in [6.07, 6.45) is 0. The van der Waals surface area contributed by atoms with E-state index in [-0.39, 0.29) is 0 Å². The number of methoxy groups -OCH3 is 1. The van der Waals surface area contributed by atoms with E-state index in [9.17, 15) is 0 Å². The minimum absolute atomic E-state index is 0.600. The van der Waals surface area contributed by atoms with Crippen molar-refractivity contribution in [1.82, 2.24) is 9.97 Å². The van der Waals surface area contributed by atoms with E-state index in [2.05, 4.69) is 63.6 Å². The number of benzene rings is 2. The molecule has 2 N–H and O–H groups in total. The summed E-state index contributed by atoms with van der Waals surface area (Å²) in [5.74, 6) is 2.22. The van der Waals surface area contributed by atoms with E-state index >= 15 is 0 Å². The number of aromatic nitrogens is 2. The lowest BCUT2D eigenvalue weighted by atomic mass is 10.2. The topological polar surface area (TPSA) is 62.3 Å². The molecule has 0 amide bonds. The lowest BCUT2D eigenvalue weighted by Crippen LogP contribution is -2.21. The van der Waals surface area contributed by atoms with Gasteiger partial charge in [0.2, 0.25) is 5.95 Å². The van der Waals surface area contributed by atoms with Gasteiger partial charge in [-0.1, -0.05) is 12.1 Å². The van der Waals surface area contributed by atoms with Crippen LogP contribution in [0.5, 0.6) is 5.75 Å². The summed E-state index contributed by atoms with van der Waals surface area (Å²) in [7, 11) is 1.67. The molecule has 0 atom stereocenters. The summed E-state index contributed by atoms with van der Waals surface area (Å²) >= 11 is 0. The van der Waals surface area contributed by atoms with Crippen LogP contribution in [0.25, 0.3) is 0 Å². The molecule has 0 aliphatic heterocycles. The Kier molecular flexibility index (Phi) is 6.89. The molecule has 152 valence electrons. The van der Waals surface area contributed by atoms with Crippen molar-refractivity contribution in [2.45, 2.75) is 27.3 Å². The fourth-order valence-corrected chi connectivity index (χ4v) is 3.13. The van der Waals surface area contributed by atoms with Gasteiger partial charge in [-0.2, -0.15) is 4.98 Å². The summed E-state index contributed by atoms with van der Waals surface area (Å²) in [4.78, 5) is 11.4. The number of hydrogen-bond acceptors (Lipinski definition) is 6. The van der Waals surface area contributed by atoms with Crippen LogP contribution in [-0.4, -0.2) is 30.2 Å². The molecule has 3 rings (SSSR count). The van der Waals surface area contributed by atoms with E-state index in [0.29, 0.717) is 12.5 Å². The van der Waals surface area contributed by atoms with E-state index in [1.54, 1.807) is 7.11 Å². The molecule has 0 saturated carbocycles. The van der Waals surface area contributed by atoms with Crippen molar-refractivity contribution >= 4 is 23.1 Å². The molecule has 2 aromatic carbocycles. The summed E-state index contributed by atoms with van der Waals surface area (Å²) < 4.78 is 5.20. The normalized spacial score (nSPS) is 10.5. The van der Waals surface area contributed by atoms with Crippen LogP contribution in [0.3, 0.4) is 0 Å². The van der Waals surface area contributed by atoms with Crippen LogP contribution in [0.4, 0.5) is 23.1 Å². The SMILES string of the molecule is CCN(CC)c1ccc(Nc2cc(C)nc(NCc3ccc(OC)cc3)n2)cc1. The van der Waals surface area contributed by atoms with Crippen molar-refractivity contribution in [3.05, 3.63) is 65.9 Å². The largest absolute Gasteiger partial charge is 0.497 e. The lowest BCUT2D eigenvalue weighted by Gasteiger charge is -2.21. The minimum atomic E-state index is 0.600. The summed E-state index contributed by atoms with van der Waals surface area (Å²) in [5, 5.41) is 6.67. The zero-order chi connectivity index (χ0) is 20.6. The van der Waals surface area contributed by atoms with E-state index in [4.69, 9.17) is 4.74 Å². The van der Waals surface area contributed by atoms with Gasteiger partial charge in [0.15, 0.2) is 0 Å². The van der Waals surface area contributed by atoms with Gasteiger partial charge in [0, 0.05) is 42.8 Å². The van der Waals surface area contributed by atoms with Crippen LogP contribution in [0.1, 0.15) is 25.1 Å². The fraction of sp³-hybridized carbons (Fsp3) is 0.304. The number of nitrogens with zero attached hydrogens (tertiary/aromatic N) is 3. The highest BCUT2D eigenvalue weighted by Gasteiger charge is 2.05. The predicted octanol–water partition coefficient (Wildman–Crippen LogP) is 5.00. The lowest BCUT2D eigenvalue weighted by molar-refractivity contribution is 0.414. The second-order valence-corrected chi connectivity index (χ2v) is 6.76. The zero-order valence-electron chi connectivity index (χ0n) is 17.6. The van der Waals surface area contributed by atoms with Gasteiger partial charge in [0.05, 0.1) is 7.11 Å². The van der Waals surface area contributed by atoms with E-state index in [1.807, 2.05) is 37.3 Å². The third-order valence-corrected chi connectivity index (χ3v) is 4.73. The monoisotopic (exact) mass is 391 g/mol. The second kappa shape index (κ2) is 9.78. The Balaban J connectivity index is 1.66. The highest BCUT2D eigenvalue weighted by molar-refractivity contribution is 5.61. The first-order valence-electron chi connectivity index (χ1n) is 9.95. The smallest absolute Gasteiger partial charge is 0.225 e. The minimum Gasteiger partial charge on any atom is -0.497 e. The number of aryl methyl sites for hydroxylation is 1. The molecule has 0 bridgehead atoms. The van der Waals surface area contributed by atoms with Crippen molar-refractivity contribution in [2.24, 2.45) is 0 Å². The molecule has 1 heterocycles. The number of ether oxygens (including phenoxy) is 1. The van der Waals surface area contributed by atoms with Gasteiger partial charge in [-0.05, 0) is 62.7 Å². The zero-order valence-corrected chi connectivity index (χ0v) is 17.6. The number of rotatable bonds is 9. The molecule has 29 heavy (non-hydrogen) atoms. The van der Waals surface area contributed by atoms with Crippen LogP contribution in [0.15, 0.2) is 54.6 Å². The van der Waals surface area contributed by atoms with Gasteiger partial charge >= 0.3 is 0 Å². The van der Waals surface area contributed by atoms with Crippen LogP contribution in [0.2, 0.25) is 0 Å². The molecule has 1 aromatic heterocycles. The molecule has 3 aromatic rings. The first-order chi connectivity index (χ1) is 14.1. The van der Waals surface area contributed by atoms with Crippen molar-refractivity contribution in [3.63, 3.8) is 0 Å². The van der Waals surface area contributed by atoms with E-state index in [1.165, 1.54) is 5.69 Å². The van der Waals surface area contributed by atoms with Gasteiger partial charge in [-0.3, -0.25) is 0 Å². The highest BCUT2D eigenvalue weighted by Crippen LogP contribution is 2.21. The summed E-state index contributed by atoms with van der Waals surface area (Å²) in [6, 6.07) is 18.3. The van der Waals surface area contributed by atoms with Crippen molar-refractivity contribution < 1.29 is 4.74 Å². The van der Waals surface area contributed by atoms with Crippen LogP contribution in [-0.2, 0) is 6.54 Å². The highest BCUT2D eigenvalue weighted by atomic mass is 16.5. The quantitative estimate of drug-likeness (QED) is 0.535. The molecule has 0 fully saturated rings. The molecular formula is C23H29N5O. The molecule has 6 heteroatoms. The Morgan fingerprint density at radius 3 is 2.24 bits per heavy atom.